The molecule has 1 atom stereocenters. The van der Waals surface area contributed by atoms with Gasteiger partial charge in [-0.25, -0.2) is 8.42 Å². The zero-order chi connectivity index (χ0) is 20.3. The molecule has 0 aliphatic rings. The SMILES string of the molecule is Cc1ccc(C)c(S(=O)(=O)Nc2cccc(C(=O)N[C@@H](C)c3ccco3)c2)c1. The van der Waals surface area contributed by atoms with Crippen LogP contribution in [0.15, 0.2) is 70.2 Å². The van der Waals surface area contributed by atoms with Crippen LogP contribution in [0.25, 0.3) is 0 Å². The van der Waals surface area contributed by atoms with Gasteiger partial charge in [0.05, 0.1) is 17.2 Å². The van der Waals surface area contributed by atoms with Crippen molar-refractivity contribution in [2.75, 3.05) is 4.72 Å². The molecule has 0 fully saturated rings. The fraction of sp³-hybridized carbons (Fsp3) is 0.190. The molecule has 0 unspecified atom stereocenters. The summed E-state index contributed by atoms with van der Waals surface area (Å²) >= 11 is 0. The summed E-state index contributed by atoms with van der Waals surface area (Å²) in [5, 5.41) is 2.83. The Morgan fingerprint density at radius 3 is 2.54 bits per heavy atom. The molecule has 146 valence electrons. The molecule has 2 N–H and O–H groups in total. The Hall–Kier alpha value is -3.06. The number of aryl methyl sites for hydroxylation is 2. The maximum atomic E-state index is 12.8. The number of hydrogen-bond donors (Lipinski definition) is 2. The van der Waals surface area contributed by atoms with Gasteiger partial charge in [0, 0.05) is 11.3 Å². The van der Waals surface area contributed by atoms with Crippen LogP contribution in [0.5, 0.6) is 0 Å². The van der Waals surface area contributed by atoms with Crippen LogP contribution in [0, 0.1) is 13.8 Å². The summed E-state index contributed by atoms with van der Waals surface area (Å²) in [5.41, 5.74) is 2.17. The average Bonchev–Trinajstić information content (AvgIpc) is 3.18. The van der Waals surface area contributed by atoms with Crippen molar-refractivity contribution >= 4 is 21.6 Å². The number of carbonyl (C=O) groups excluding carboxylic acids is 1. The lowest BCUT2D eigenvalue weighted by atomic mass is 10.1. The quantitative estimate of drug-likeness (QED) is 0.652. The number of benzene rings is 2. The van der Waals surface area contributed by atoms with E-state index in [0.29, 0.717) is 22.6 Å². The van der Waals surface area contributed by atoms with Crippen molar-refractivity contribution in [3.05, 3.63) is 83.3 Å². The number of rotatable bonds is 6. The predicted molar refractivity (Wildman–Crippen MR) is 108 cm³/mol. The lowest BCUT2D eigenvalue weighted by Crippen LogP contribution is -2.26. The number of furan rings is 1. The van der Waals surface area contributed by atoms with Crippen LogP contribution in [0.1, 0.15) is 40.2 Å². The normalized spacial score (nSPS) is 12.4. The maximum Gasteiger partial charge on any atom is 0.262 e. The molecule has 0 bridgehead atoms. The molecule has 0 aliphatic carbocycles. The molecule has 1 heterocycles. The molecule has 3 rings (SSSR count). The van der Waals surface area contributed by atoms with E-state index in [1.54, 1.807) is 55.7 Å². The van der Waals surface area contributed by atoms with Gasteiger partial charge in [0.1, 0.15) is 5.76 Å². The number of sulfonamides is 1. The first kappa shape index (κ1) is 19.7. The van der Waals surface area contributed by atoms with Gasteiger partial charge in [0.15, 0.2) is 0 Å². The van der Waals surface area contributed by atoms with Crippen molar-refractivity contribution in [1.29, 1.82) is 0 Å². The zero-order valence-electron chi connectivity index (χ0n) is 15.9. The maximum absolute atomic E-state index is 12.8. The third-order valence-corrected chi connectivity index (χ3v) is 5.85. The van der Waals surface area contributed by atoms with Crippen molar-refractivity contribution in [2.24, 2.45) is 0 Å². The third-order valence-electron chi connectivity index (χ3n) is 4.33. The molecule has 0 spiro atoms. The minimum Gasteiger partial charge on any atom is -0.467 e. The van der Waals surface area contributed by atoms with Gasteiger partial charge in [-0.1, -0.05) is 18.2 Å². The molecule has 0 saturated carbocycles. The largest absolute Gasteiger partial charge is 0.467 e. The highest BCUT2D eigenvalue weighted by Gasteiger charge is 2.18. The molecule has 3 aromatic rings. The van der Waals surface area contributed by atoms with E-state index in [1.165, 1.54) is 6.07 Å². The summed E-state index contributed by atoms with van der Waals surface area (Å²) in [4.78, 5) is 12.7. The Bertz CT molecular complexity index is 1090. The van der Waals surface area contributed by atoms with Crippen molar-refractivity contribution in [3.63, 3.8) is 0 Å². The van der Waals surface area contributed by atoms with Gasteiger partial charge in [-0.05, 0) is 68.3 Å². The summed E-state index contributed by atoms with van der Waals surface area (Å²) in [6, 6.07) is 14.8. The lowest BCUT2D eigenvalue weighted by molar-refractivity contribution is 0.0935. The van der Waals surface area contributed by atoms with E-state index in [-0.39, 0.29) is 16.8 Å². The summed E-state index contributed by atoms with van der Waals surface area (Å²) in [7, 11) is -3.76. The van der Waals surface area contributed by atoms with Gasteiger partial charge in [-0.3, -0.25) is 9.52 Å². The first-order chi connectivity index (χ1) is 13.3. The molecule has 1 aromatic heterocycles. The number of anilines is 1. The number of nitrogens with one attached hydrogen (secondary N) is 2. The molecule has 0 aliphatic heterocycles. The summed E-state index contributed by atoms with van der Waals surface area (Å²) in [5.74, 6) is 0.316. The van der Waals surface area contributed by atoms with Gasteiger partial charge >= 0.3 is 0 Å². The Labute approximate surface area is 164 Å². The van der Waals surface area contributed by atoms with Crippen molar-refractivity contribution in [1.82, 2.24) is 5.32 Å². The highest BCUT2D eigenvalue weighted by molar-refractivity contribution is 7.92. The Kier molecular flexibility index (Phi) is 5.56. The number of carbonyl (C=O) groups is 1. The fourth-order valence-electron chi connectivity index (χ4n) is 2.82. The molecule has 6 nitrogen and oxygen atoms in total. The summed E-state index contributed by atoms with van der Waals surface area (Å²) in [6.07, 6.45) is 1.54. The number of hydrogen-bond acceptors (Lipinski definition) is 4. The van der Waals surface area contributed by atoms with Gasteiger partial charge in [0.2, 0.25) is 0 Å². The fourth-order valence-corrected chi connectivity index (χ4v) is 4.20. The van der Waals surface area contributed by atoms with E-state index in [4.69, 9.17) is 4.42 Å². The van der Waals surface area contributed by atoms with E-state index in [2.05, 4.69) is 10.0 Å². The molecule has 1 amide bonds. The van der Waals surface area contributed by atoms with Crippen LogP contribution < -0.4 is 10.0 Å². The smallest absolute Gasteiger partial charge is 0.262 e. The summed E-state index contributed by atoms with van der Waals surface area (Å²) in [6.45, 7) is 5.39. The molecule has 7 heteroatoms. The van der Waals surface area contributed by atoms with Crippen LogP contribution in [0.4, 0.5) is 5.69 Å². The van der Waals surface area contributed by atoms with E-state index in [9.17, 15) is 13.2 Å². The van der Waals surface area contributed by atoms with Crippen molar-refractivity contribution in [3.8, 4) is 0 Å². The first-order valence-electron chi connectivity index (χ1n) is 8.80. The highest BCUT2D eigenvalue weighted by Crippen LogP contribution is 2.22. The van der Waals surface area contributed by atoms with Crippen LogP contribution in [-0.4, -0.2) is 14.3 Å². The van der Waals surface area contributed by atoms with Crippen molar-refractivity contribution < 1.29 is 17.6 Å². The van der Waals surface area contributed by atoms with Gasteiger partial charge < -0.3 is 9.73 Å². The molecular weight excluding hydrogens is 376 g/mol. The van der Waals surface area contributed by atoms with Crippen LogP contribution in [0.3, 0.4) is 0 Å². The minimum atomic E-state index is -3.76. The molecule has 28 heavy (non-hydrogen) atoms. The number of amides is 1. The standard InChI is InChI=1S/C21H22N2O4S/c1-14-9-10-15(2)20(12-14)28(25,26)23-18-7-4-6-17(13-18)21(24)22-16(3)19-8-5-11-27-19/h4-13,16,23H,1-3H3,(H,22,24)/t16-/m0/s1. The van der Waals surface area contributed by atoms with Crippen LogP contribution >= 0.6 is 0 Å². The second kappa shape index (κ2) is 7.90. The topological polar surface area (TPSA) is 88.4 Å². The monoisotopic (exact) mass is 398 g/mol. The van der Waals surface area contributed by atoms with E-state index in [0.717, 1.165) is 5.56 Å². The van der Waals surface area contributed by atoms with Crippen LogP contribution in [-0.2, 0) is 10.0 Å². The second-order valence-electron chi connectivity index (χ2n) is 6.67. The van der Waals surface area contributed by atoms with E-state index in [1.807, 2.05) is 19.9 Å². The van der Waals surface area contributed by atoms with E-state index >= 15 is 0 Å². The highest BCUT2D eigenvalue weighted by atomic mass is 32.2. The summed E-state index contributed by atoms with van der Waals surface area (Å²) < 4.78 is 33.4. The van der Waals surface area contributed by atoms with Gasteiger partial charge in [-0.15, -0.1) is 0 Å². The average molecular weight is 398 g/mol. The zero-order valence-corrected chi connectivity index (χ0v) is 16.7. The van der Waals surface area contributed by atoms with Gasteiger partial charge in [-0.2, -0.15) is 0 Å². The predicted octanol–water partition coefficient (Wildman–Crippen LogP) is 4.19. The molecule has 0 radical (unpaired) electrons. The third kappa shape index (κ3) is 4.43. The van der Waals surface area contributed by atoms with Crippen molar-refractivity contribution in [2.45, 2.75) is 31.7 Å². The molecular formula is C21H22N2O4S. The lowest BCUT2D eigenvalue weighted by Gasteiger charge is -2.14. The van der Waals surface area contributed by atoms with Crippen LogP contribution in [0.2, 0.25) is 0 Å². The Morgan fingerprint density at radius 1 is 1.04 bits per heavy atom. The van der Waals surface area contributed by atoms with E-state index < -0.39 is 10.0 Å². The molecule has 2 aromatic carbocycles. The molecule has 0 saturated heterocycles. The first-order valence-corrected chi connectivity index (χ1v) is 10.3. The Balaban J connectivity index is 1.79. The minimum absolute atomic E-state index is 0.216. The second-order valence-corrected chi connectivity index (χ2v) is 8.32. The van der Waals surface area contributed by atoms with Gasteiger partial charge in [0.25, 0.3) is 15.9 Å². The Morgan fingerprint density at radius 2 is 1.82 bits per heavy atom.